The summed E-state index contributed by atoms with van der Waals surface area (Å²) in [5.41, 5.74) is 5.43. The van der Waals surface area contributed by atoms with Crippen molar-refractivity contribution in [3.05, 3.63) is 5.76 Å². The highest BCUT2D eigenvalue weighted by Crippen LogP contribution is 2.55. The van der Waals surface area contributed by atoms with Gasteiger partial charge in [-0.15, -0.1) is 11.8 Å². The summed E-state index contributed by atoms with van der Waals surface area (Å²) in [5.74, 6) is 1.83. The van der Waals surface area contributed by atoms with E-state index in [1.165, 1.54) is 12.8 Å². The number of aliphatic hydroxyl groups is 1. The van der Waals surface area contributed by atoms with E-state index >= 15 is 0 Å². The molecule has 6 aliphatic rings. The lowest BCUT2D eigenvalue weighted by Crippen LogP contribution is -2.61. The van der Waals surface area contributed by atoms with Gasteiger partial charge in [0.1, 0.15) is 11.5 Å². The number of rotatable bonds is 7. The van der Waals surface area contributed by atoms with Crippen molar-refractivity contribution >= 4 is 17.7 Å². The van der Waals surface area contributed by atoms with Crippen molar-refractivity contribution in [3.8, 4) is 5.88 Å². The van der Waals surface area contributed by atoms with Gasteiger partial charge in [0.05, 0.1) is 11.1 Å². The Morgan fingerprint density at radius 1 is 1.23 bits per heavy atom. The third-order valence-electron chi connectivity index (χ3n) is 8.34. The van der Waals surface area contributed by atoms with E-state index in [-0.39, 0.29) is 23.2 Å². The highest BCUT2D eigenvalue weighted by Gasteiger charge is 2.55. The lowest BCUT2D eigenvalue weighted by Gasteiger charge is -2.58. The maximum atomic E-state index is 13.3. The molecule has 1 aromatic heterocycles. The summed E-state index contributed by atoms with van der Waals surface area (Å²) in [7, 11) is 0. The SMILES string of the molecule is NC1(COc2noc(C(=O)N[C@H]3C4CC5CC3C[C@](O)(C5)C4)c2SC2CCCC2)CC1. The van der Waals surface area contributed by atoms with E-state index in [0.29, 0.717) is 35.5 Å². The van der Waals surface area contributed by atoms with Crippen LogP contribution < -0.4 is 15.8 Å². The molecule has 1 aromatic rings. The normalized spacial score (nSPS) is 37.9. The van der Waals surface area contributed by atoms with Gasteiger partial charge in [0.25, 0.3) is 11.8 Å². The number of nitrogens with zero attached hydrogens (tertiary/aromatic N) is 1. The van der Waals surface area contributed by atoms with Gasteiger partial charge in [-0.2, -0.15) is 0 Å². The summed E-state index contributed by atoms with van der Waals surface area (Å²) in [6.07, 6.45) is 11.4. The molecular formula is C23H33N3O4S. The van der Waals surface area contributed by atoms with E-state index in [9.17, 15) is 9.90 Å². The van der Waals surface area contributed by atoms with Crippen molar-refractivity contribution in [3.63, 3.8) is 0 Å². The smallest absolute Gasteiger partial charge is 0.291 e. The lowest BCUT2D eigenvalue weighted by molar-refractivity contribution is -0.137. The second-order valence-corrected chi connectivity index (χ2v) is 12.3. The molecule has 4 bridgehead atoms. The van der Waals surface area contributed by atoms with E-state index in [2.05, 4.69) is 10.5 Å². The van der Waals surface area contributed by atoms with Crippen LogP contribution in [0.25, 0.3) is 0 Å². The molecule has 0 aromatic carbocycles. The van der Waals surface area contributed by atoms with Crippen LogP contribution in [0.4, 0.5) is 0 Å². The number of aromatic nitrogens is 1. The molecule has 6 aliphatic carbocycles. The van der Waals surface area contributed by atoms with Crippen LogP contribution in [0, 0.1) is 17.8 Å². The lowest BCUT2D eigenvalue weighted by atomic mass is 9.52. The molecule has 6 fully saturated rings. The molecule has 2 unspecified atom stereocenters. The summed E-state index contributed by atoms with van der Waals surface area (Å²) in [6.45, 7) is 0.408. The number of carbonyl (C=O) groups is 1. The topological polar surface area (TPSA) is 111 Å². The molecular weight excluding hydrogens is 414 g/mol. The number of amides is 1. The van der Waals surface area contributed by atoms with Crippen LogP contribution >= 0.6 is 11.8 Å². The monoisotopic (exact) mass is 447 g/mol. The summed E-state index contributed by atoms with van der Waals surface area (Å²) in [6, 6.07) is 0.113. The fourth-order valence-corrected chi connectivity index (χ4v) is 8.07. The van der Waals surface area contributed by atoms with Crippen LogP contribution in [0.1, 0.15) is 81.2 Å². The van der Waals surface area contributed by atoms with Crippen molar-refractivity contribution in [2.24, 2.45) is 23.5 Å². The maximum Gasteiger partial charge on any atom is 0.291 e. The first-order chi connectivity index (χ1) is 14.9. The van der Waals surface area contributed by atoms with E-state index in [4.69, 9.17) is 15.0 Å². The Labute approximate surface area is 187 Å². The molecule has 1 amide bonds. The van der Waals surface area contributed by atoms with Gasteiger partial charge >= 0.3 is 0 Å². The first-order valence-electron chi connectivity index (χ1n) is 12.0. The zero-order chi connectivity index (χ0) is 21.2. The fraction of sp³-hybridized carbons (Fsp3) is 0.826. The Balaban J connectivity index is 1.20. The van der Waals surface area contributed by atoms with Crippen molar-refractivity contribution in [1.29, 1.82) is 0 Å². The zero-order valence-electron chi connectivity index (χ0n) is 18.0. The van der Waals surface area contributed by atoms with Crippen LogP contribution in [-0.4, -0.2) is 45.2 Å². The maximum absolute atomic E-state index is 13.3. The van der Waals surface area contributed by atoms with Gasteiger partial charge in [0, 0.05) is 11.3 Å². The second-order valence-electron chi connectivity index (χ2n) is 11.0. The third kappa shape index (κ3) is 3.89. The molecule has 170 valence electrons. The Bertz CT molecular complexity index is 847. The minimum Gasteiger partial charge on any atom is -0.473 e. The van der Waals surface area contributed by atoms with Crippen LogP contribution in [0.2, 0.25) is 0 Å². The second kappa shape index (κ2) is 7.39. The average molecular weight is 448 g/mol. The number of ether oxygens (including phenoxy) is 1. The molecule has 2 atom stereocenters. The van der Waals surface area contributed by atoms with Gasteiger partial charge in [0.2, 0.25) is 5.76 Å². The Hall–Kier alpha value is -1.25. The molecule has 4 N–H and O–H groups in total. The highest BCUT2D eigenvalue weighted by molar-refractivity contribution is 8.00. The van der Waals surface area contributed by atoms with Crippen molar-refractivity contribution in [2.75, 3.05) is 6.61 Å². The van der Waals surface area contributed by atoms with Crippen molar-refractivity contribution in [1.82, 2.24) is 10.5 Å². The summed E-state index contributed by atoms with van der Waals surface area (Å²) in [5, 5.41) is 18.7. The van der Waals surface area contributed by atoms with Gasteiger partial charge < -0.3 is 25.4 Å². The molecule has 7 nitrogen and oxygen atoms in total. The summed E-state index contributed by atoms with van der Waals surface area (Å²) in [4.78, 5) is 14.1. The molecule has 7 rings (SSSR count). The van der Waals surface area contributed by atoms with Gasteiger partial charge in [-0.25, -0.2) is 0 Å². The molecule has 8 heteroatoms. The standard InChI is InChI=1S/C23H33N3O4S/c24-22(5-6-22)12-29-21-19(31-16-3-1-2-4-16)18(30-26-21)20(27)25-17-14-7-13-8-15(17)11-23(28,9-13)10-14/h13-17,28H,1-12,24H2,(H,25,27)/t13?,14?,15?,17-,23-. The van der Waals surface area contributed by atoms with Crippen LogP contribution in [0.15, 0.2) is 9.42 Å². The Morgan fingerprint density at radius 3 is 2.58 bits per heavy atom. The van der Waals surface area contributed by atoms with Gasteiger partial charge in [0.15, 0.2) is 0 Å². The molecule has 0 radical (unpaired) electrons. The van der Waals surface area contributed by atoms with Gasteiger partial charge in [-0.05, 0) is 80.7 Å². The minimum atomic E-state index is -0.505. The third-order valence-corrected chi connectivity index (χ3v) is 9.74. The molecule has 6 saturated carbocycles. The number of nitrogens with one attached hydrogen (secondary N) is 1. The van der Waals surface area contributed by atoms with Crippen molar-refractivity contribution < 1.29 is 19.2 Å². The van der Waals surface area contributed by atoms with Gasteiger partial charge in [-0.1, -0.05) is 12.8 Å². The molecule has 0 aliphatic heterocycles. The summed E-state index contributed by atoms with van der Waals surface area (Å²) < 4.78 is 11.5. The molecule has 1 heterocycles. The predicted octanol–water partition coefficient (Wildman–Crippen LogP) is 3.25. The number of thioether (sulfide) groups is 1. The van der Waals surface area contributed by atoms with Crippen LogP contribution in [0.3, 0.4) is 0 Å². The number of hydrogen-bond donors (Lipinski definition) is 3. The van der Waals surface area contributed by atoms with Crippen molar-refractivity contribution in [2.45, 2.75) is 98.0 Å². The Kier molecular flexibility index (Phi) is 4.85. The average Bonchev–Trinajstić information content (AvgIpc) is 3.10. The first kappa shape index (κ1) is 20.4. The fourth-order valence-electron chi connectivity index (χ4n) is 6.73. The summed E-state index contributed by atoms with van der Waals surface area (Å²) >= 11 is 1.68. The molecule has 31 heavy (non-hydrogen) atoms. The molecule has 0 saturated heterocycles. The number of nitrogens with two attached hydrogens (primary N) is 1. The Morgan fingerprint density at radius 2 is 1.94 bits per heavy atom. The number of carbonyl (C=O) groups excluding carboxylic acids is 1. The van der Waals surface area contributed by atoms with E-state index in [1.807, 2.05) is 0 Å². The highest BCUT2D eigenvalue weighted by atomic mass is 32.2. The number of hydrogen-bond acceptors (Lipinski definition) is 7. The molecule has 0 spiro atoms. The zero-order valence-corrected chi connectivity index (χ0v) is 18.8. The van der Waals surface area contributed by atoms with Gasteiger partial charge in [-0.3, -0.25) is 4.79 Å². The quantitative estimate of drug-likeness (QED) is 0.588. The van der Waals surface area contributed by atoms with E-state index in [0.717, 1.165) is 62.7 Å². The first-order valence-corrected chi connectivity index (χ1v) is 12.9. The largest absolute Gasteiger partial charge is 0.473 e. The van der Waals surface area contributed by atoms with E-state index in [1.54, 1.807) is 11.8 Å². The van der Waals surface area contributed by atoms with Crippen LogP contribution in [0.5, 0.6) is 5.88 Å². The minimum absolute atomic E-state index is 0.113. The predicted molar refractivity (Wildman–Crippen MR) is 116 cm³/mol. The van der Waals surface area contributed by atoms with Crippen LogP contribution in [-0.2, 0) is 0 Å². The van der Waals surface area contributed by atoms with E-state index < -0.39 is 5.60 Å².